The van der Waals surface area contributed by atoms with E-state index in [1.165, 1.54) is 14.0 Å². The quantitative estimate of drug-likeness (QED) is 0.519. The molecule has 7 heteroatoms. The third-order valence-corrected chi connectivity index (χ3v) is 6.65. The fourth-order valence-electron chi connectivity index (χ4n) is 5.28. The number of carbonyl (C=O) groups is 2. The van der Waals surface area contributed by atoms with E-state index in [-0.39, 0.29) is 53.1 Å². The maximum Gasteiger partial charge on any atom is 0.302 e. The highest BCUT2D eigenvalue weighted by molar-refractivity contribution is 6.03. The number of methoxy groups -OCH3 is 1. The molecule has 0 spiro atoms. The van der Waals surface area contributed by atoms with Crippen LogP contribution in [0.4, 0.5) is 0 Å². The number of aliphatic hydroxyl groups is 1. The van der Waals surface area contributed by atoms with Crippen LogP contribution < -0.4 is 4.74 Å². The third-order valence-electron chi connectivity index (χ3n) is 6.65. The summed E-state index contributed by atoms with van der Waals surface area (Å²) >= 11 is 0. The van der Waals surface area contributed by atoms with Crippen molar-refractivity contribution in [2.75, 3.05) is 13.7 Å². The number of hydrogen-bond acceptors (Lipinski definition) is 7. The monoisotopic (exact) mass is 406 g/mol. The van der Waals surface area contributed by atoms with E-state index in [4.69, 9.17) is 9.47 Å². The summed E-state index contributed by atoms with van der Waals surface area (Å²) in [6, 6.07) is 0. The Morgan fingerprint density at radius 1 is 1.24 bits per heavy atom. The van der Waals surface area contributed by atoms with E-state index in [0.29, 0.717) is 24.8 Å². The largest absolute Gasteiger partial charge is 0.507 e. The van der Waals surface area contributed by atoms with E-state index in [0.717, 1.165) is 0 Å². The van der Waals surface area contributed by atoms with Gasteiger partial charge in [-0.15, -0.1) is 0 Å². The molecule has 0 saturated heterocycles. The minimum absolute atomic E-state index is 0.00186. The zero-order chi connectivity index (χ0) is 21.7. The molecule has 1 aromatic rings. The number of esters is 1. The lowest BCUT2D eigenvalue weighted by Crippen LogP contribution is -2.53. The maximum atomic E-state index is 13.1. The number of phenols is 2. The molecule has 0 radical (unpaired) electrons. The molecule has 0 amide bonds. The average Bonchev–Trinajstić information content (AvgIpc) is 2.63. The van der Waals surface area contributed by atoms with Crippen LogP contribution in [0.3, 0.4) is 0 Å². The molecule has 0 heterocycles. The number of aromatic hydroxyl groups is 2. The minimum atomic E-state index is -1.54. The van der Waals surface area contributed by atoms with Crippen LogP contribution in [0.1, 0.15) is 80.8 Å². The second-order valence-electron chi connectivity index (χ2n) is 8.94. The molecule has 2 aliphatic rings. The van der Waals surface area contributed by atoms with Gasteiger partial charge in [0, 0.05) is 35.8 Å². The molecule has 29 heavy (non-hydrogen) atoms. The Hall–Kier alpha value is -2.28. The summed E-state index contributed by atoms with van der Waals surface area (Å²) in [5.74, 6) is -2.01. The first-order valence-corrected chi connectivity index (χ1v) is 10.0. The van der Waals surface area contributed by atoms with Gasteiger partial charge >= 0.3 is 5.97 Å². The number of Topliss-reactive ketones (excluding diaryl/α,β-unsaturated/α-hetero) is 1. The maximum absolute atomic E-state index is 13.1. The number of ether oxygens (including phenoxy) is 2. The highest BCUT2D eigenvalue weighted by Crippen LogP contribution is 2.61. The summed E-state index contributed by atoms with van der Waals surface area (Å²) in [7, 11) is 1.38. The van der Waals surface area contributed by atoms with Gasteiger partial charge in [-0.1, -0.05) is 20.8 Å². The van der Waals surface area contributed by atoms with E-state index < -0.39 is 22.9 Å². The van der Waals surface area contributed by atoms with E-state index in [9.17, 15) is 24.9 Å². The van der Waals surface area contributed by atoms with Gasteiger partial charge in [-0.25, -0.2) is 0 Å². The number of ketones is 1. The number of fused-ring (bicyclic) bond motifs is 3. The molecule has 7 nitrogen and oxygen atoms in total. The molecule has 2 aliphatic carbocycles. The highest BCUT2D eigenvalue weighted by atomic mass is 16.5. The molecular formula is C22H30O7. The van der Waals surface area contributed by atoms with Crippen LogP contribution in [0, 0.1) is 11.3 Å². The van der Waals surface area contributed by atoms with Crippen molar-refractivity contribution >= 4 is 11.8 Å². The second-order valence-corrected chi connectivity index (χ2v) is 8.94. The molecule has 0 aromatic heterocycles. The van der Waals surface area contributed by atoms with E-state index in [1.807, 2.05) is 20.8 Å². The van der Waals surface area contributed by atoms with Gasteiger partial charge in [0.15, 0.2) is 17.3 Å². The zero-order valence-corrected chi connectivity index (χ0v) is 17.7. The van der Waals surface area contributed by atoms with Gasteiger partial charge in [0.25, 0.3) is 0 Å². The second kappa shape index (κ2) is 7.20. The normalized spacial score (nSPS) is 28.7. The molecule has 160 valence electrons. The van der Waals surface area contributed by atoms with E-state index >= 15 is 0 Å². The highest BCUT2D eigenvalue weighted by Gasteiger charge is 2.58. The predicted molar refractivity (Wildman–Crippen MR) is 105 cm³/mol. The van der Waals surface area contributed by atoms with Crippen molar-refractivity contribution in [2.24, 2.45) is 11.3 Å². The molecule has 1 saturated carbocycles. The van der Waals surface area contributed by atoms with Gasteiger partial charge < -0.3 is 24.8 Å². The van der Waals surface area contributed by atoms with Gasteiger partial charge in [-0.2, -0.15) is 0 Å². The fraction of sp³-hybridized carbons (Fsp3) is 0.636. The Bertz CT molecular complexity index is 859. The lowest BCUT2D eigenvalue weighted by atomic mass is 9.54. The van der Waals surface area contributed by atoms with Crippen LogP contribution in [0.2, 0.25) is 0 Å². The SMILES string of the molecule is COc1c(O)c2c(c(O)c1C(C)C)C(=O)CC1C(C)(COC(C)=O)CCCC21O. The number of carbonyl (C=O) groups excluding carboxylic acids is 2. The van der Waals surface area contributed by atoms with Crippen molar-refractivity contribution in [3.8, 4) is 17.2 Å². The van der Waals surface area contributed by atoms with Crippen LogP contribution >= 0.6 is 0 Å². The molecule has 0 aliphatic heterocycles. The summed E-state index contributed by atoms with van der Waals surface area (Å²) in [6.45, 7) is 6.93. The van der Waals surface area contributed by atoms with Crippen molar-refractivity contribution in [1.82, 2.24) is 0 Å². The van der Waals surface area contributed by atoms with Crippen molar-refractivity contribution in [3.63, 3.8) is 0 Å². The van der Waals surface area contributed by atoms with Gasteiger partial charge in [0.05, 0.1) is 24.9 Å². The summed E-state index contributed by atoms with van der Waals surface area (Å²) in [5.41, 5.74) is -1.83. The van der Waals surface area contributed by atoms with Crippen molar-refractivity contribution < 1.29 is 34.4 Å². The average molecular weight is 406 g/mol. The Morgan fingerprint density at radius 3 is 2.45 bits per heavy atom. The van der Waals surface area contributed by atoms with Gasteiger partial charge in [0.2, 0.25) is 0 Å². The molecule has 3 rings (SSSR count). The Labute approximate surface area is 170 Å². The molecule has 0 bridgehead atoms. The van der Waals surface area contributed by atoms with Crippen LogP contribution in [-0.4, -0.2) is 40.8 Å². The Kier molecular flexibility index (Phi) is 5.32. The molecule has 3 atom stereocenters. The Morgan fingerprint density at radius 2 is 1.90 bits per heavy atom. The Balaban J connectivity index is 2.24. The number of hydrogen-bond donors (Lipinski definition) is 3. The summed E-state index contributed by atoms with van der Waals surface area (Å²) in [5, 5.41) is 33.8. The lowest BCUT2D eigenvalue weighted by molar-refractivity contribution is -0.160. The summed E-state index contributed by atoms with van der Waals surface area (Å²) in [4.78, 5) is 24.5. The van der Waals surface area contributed by atoms with E-state index in [1.54, 1.807) is 0 Å². The first-order chi connectivity index (χ1) is 13.5. The van der Waals surface area contributed by atoms with Crippen molar-refractivity contribution in [3.05, 3.63) is 16.7 Å². The summed E-state index contributed by atoms with van der Waals surface area (Å²) in [6.07, 6.45) is 1.61. The van der Waals surface area contributed by atoms with Crippen LogP contribution in [0.5, 0.6) is 17.2 Å². The topological polar surface area (TPSA) is 113 Å². The van der Waals surface area contributed by atoms with Crippen LogP contribution in [0.15, 0.2) is 0 Å². The molecule has 3 unspecified atom stereocenters. The van der Waals surface area contributed by atoms with Gasteiger partial charge in [-0.05, 0) is 25.2 Å². The lowest BCUT2D eigenvalue weighted by Gasteiger charge is -2.53. The number of benzene rings is 1. The number of rotatable bonds is 4. The fourth-order valence-corrected chi connectivity index (χ4v) is 5.28. The molecular weight excluding hydrogens is 376 g/mol. The third kappa shape index (κ3) is 3.16. The number of phenolic OH excluding ortho intramolecular Hbond substituents is 2. The standard InChI is InChI=1S/C22H30O7/c1-11(2)15-18(25)16-13(24)9-14-21(4,10-29-12(3)23)7-6-8-22(14,27)17(16)19(26)20(15)28-5/h11,14,25-27H,6-10H2,1-5H3. The summed E-state index contributed by atoms with van der Waals surface area (Å²) < 4.78 is 10.6. The van der Waals surface area contributed by atoms with Crippen molar-refractivity contribution in [2.45, 2.75) is 64.9 Å². The van der Waals surface area contributed by atoms with Gasteiger partial charge in [-0.3, -0.25) is 9.59 Å². The first-order valence-electron chi connectivity index (χ1n) is 10.0. The van der Waals surface area contributed by atoms with Gasteiger partial charge in [0.1, 0.15) is 5.75 Å². The van der Waals surface area contributed by atoms with Crippen molar-refractivity contribution in [1.29, 1.82) is 0 Å². The minimum Gasteiger partial charge on any atom is -0.507 e. The first kappa shape index (κ1) is 21.4. The zero-order valence-electron chi connectivity index (χ0n) is 17.7. The van der Waals surface area contributed by atoms with Crippen LogP contribution in [-0.2, 0) is 15.1 Å². The van der Waals surface area contributed by atoms with Crippen LogP contribution in [0.25, 0.3) is 0 Å². The predicted octanol–water partition coefficient (Wildman–Crippen LogP) is 3.37. The molecule has 1 fully saturated rings. The molecule has 1 aromatic carbocycles. The smallest absolute Gasteiger partial charge is 0.302 e. The van der Waals surface area contributed by atoms with E-state index in [2.05, 4.69) is 0 Å². The molecule has 3 N–H and O–H groups in total.